The van der Waals surface area contributed by atoms with Crippen molar-refractivity contribution < 1.29 is 9.47 Å². The van der Waals surface area contributed by atoms with Gasteiger partial charge in [-0.25, -0.2) is 19.5 Å². The highest BCUT2D eigenvalue weighted by molar-refractivity contribution is 6.01. The number of hydrogen-bond acceptors (Lipinski definition) is 9. The van der Waals surface area contributed by atoms with Crippen LogP contribution in [0.5, 0.6) is 11.6 Å². The lowest BCUT2D eigenvalue weighted by Crippen LogP contribution is -2.03. The summed E-state index contributed by atoms with van der Waals surface area (Å²) in [5.74, 6) is 3.93. The second kappa shape index (κ2) is 9.05. The maximum absolute atomic E-state index is 5.94. The summed E-state index contributed by atoms with van der Waals surface area (Å²) in [6.45, 7) is 1.22. The van der Waals surface area contributed by atoms with Gasteiger partial charge in [-0.1, -0.05) is 6.07 Å². The Balaban J connectivity index is 1.48. The summed E-state index contributed by atoms with van der Waals surface area (Å²) in [5.41, 5.74) is 1.53. The van der Waals surface area contributed by atoms with Crippen molar-refractivity contribution in [1.82, 2.24) is 29.5 Å². The molecule has 5 aromatic rings. The first-order valence-corrected chi connectivity index (χ1v) is 11.6. The Hall–Kier alpha value is -4.47. The van der Waals surface area contributed by atoms with Gasteiger partial charge in [-0.2, -0.15) is 4.98 Å². The van der Waals surface area contributed by atoms with E-state index in [4.69, 9.17) is 19.6 Å². The third-order valence-electron chi connectivity index (χ3n) is 5.84. The SMILES string of the molecule is CNc1ncc2c3cc(ncc13)Nc1cccc(n1)OCCCCCOc1ccc3nc-2nn3c1. The first kappa shape index (κ1) is 21.1. The molecule has 1 aliphatic heterocycles. The second-order valence-corrected chi connectivity index (χ2v) is 8.23. The van der Waals surface area contributed by atoms with Crippen LogP contribution in [-0.4, -0.2) is 49.8 Å². The highest BCUT2D eigenvalue weighted by Gasteiger charge is 2.15. The highest BCUT2D eigenvalue weighted by Crippen LogP contribution is 2.32. The molecule has 0 aliphatic carbocycles. The molecule has 0 saturated carbocycles. The van der Waals surface area contributed by atoms with Crippen LogP contribution in [0.4, 0.5) is 17.5 Å². The average molecular weight is 469 g/mol. The monoisotopic (exact) mass is 468 g/mol. The quantitative estimate of drug-likeness (QED) is 0.368. The summed E-state index contributed by atoms with van der Waals surface area (Å²) in [5, 5.41) is 12.9. The predicted octanol–water partition coefficient (Wildman–Crippen LogP) is 4.46. The normalized spacial score (nSPS) is 14.0. The van der Waals surface area contributed by atoms with E-state index < -0.39 is 0 Å². The lowest BCUT2D eigenvalue weighted by atomic mass is 10.1. The van der Waals surface area contributed by atoms with Gasteiger partial charge >= 0.3 is 0 Å². The Morgan fingerprint density at radius 2 is 1.83 bits per heavy atom. The molecule has 10 heteroatoms. The summed E-state index contributed by atoms with van der Waals surface area (Å²) in [4.78, 5) is 18.5. The number of ether oxygens (including phenoxy) is 2. The first-order chi connectivity index (χ1) is 17.3. The summed E-state index contributed by atoms with van der Waals surface area (Å²) in [6, 6.07) is 11.4. The number of anilines is 3. The van der Waals surface area contributed by atoms with Gasteiger partial charge in [0.2, 0.25) is 5.88 Å². The van der Waals surface area contributed by atoms with Crippen LogP contribution in [0.1, 0.15) is 19.3 Å². The molecular weight excluding hydrogens is 444 g/mol. The van der Waals surface area contributed by atoms with Gasteiger partial charge in [-0.05, 0) is 43.5 Å². The molecule has 0 radical (unpaired) electrons. The molecule has 0 fully saturated rings. The van der Waals surface area contributed by atoms with Crippen molar-refractivity contribution in [2.45, 2.75) is 19.3 Å². The van der Waals surface area contributed by atoms with Crippen LogP contribution in [0.3, 0.4) is 0 Å². The van der Waals surface area contributed by atoms with Gasteiger partial charge in [-0.15, -0.1) is 5.10 Å². The fraction of sp³-hybridized carbons (Fsp3) is 0.240. The molecule has 2 N–H and O–H groups in total. The van der Waals surface area contributed by atoms with Gasteiger partial charge in [0.05, 0.1) is 19.4 Å². The molecule has 5 aromatic heterocycles. The number of nitrogens with zero attached hydrogens (tertiary/aromatic N) is 6. The van der Waals surface area contributed by atoms with Crippen LogP contribution < -0.4 is 20.1 Å². The molecule has 6 rings (SSSR count). The summed E-state index contributed by atoms with van der Waals surface area (Å²) < 4.78 is 13.5. The molecule has 0 unspecified atom stereocenters. The Morgan fingerprint density at radius 1 is 0.914 bits per heavy atom. The Bertz CT molecular complexity index is 1520. The van der Waals surface area contributed by atoms with Gasteiger partial charge in [0.15, 0.2) is 11.5 Å². The lowest BCUT2D eigenvalue weighted by Gasteiger charge is -2.11. The molecule has 0 amide bonds. The Morgan fingerprint density at radius 3 is 2.74 bits per heavy atom. The average Bonchev–Trinajstić information content (AvgIpc) is 3.30. The number of nitrogens with one attached hydrogen (secondary N) is 2. The van der Waals surface area contributed by atoms with Crippen LogP contribution >= 0.6 is 0 Å². The zero-order valence-corrected chi connectivity index (χ0v) is 19.2. The Kier molecular flexibility index (Phi) is 5.45. The summed E-state index contributed by atoms with van der Waals surface area (Å²) in [7, 11) is 1.84. The summed E-state index contributed by atoms with van der Waals surface area (Å²) >= 11 is 0. The third kappa shape index (κ3) is 4.25. The number of fused-ring (bicyclic) bond motifs is 6. The van der Waals surface area contributed by atoms with E-state index >= 15 is 0 Å². The van der Waals surface area contributed by atoms with Gasteiger partial charge < -0.3 is 20.1 Å². The molecule has 1 aliphatic rings. The minimum atomic E-state index is 0.572. The Labute approximate surface area is 201 Å². The lowest BCUT2D eigenvalue weighted by molar-refractivity contribution is 0.273. The van der Waals surface area contributed by atoms with Gasteiger partial charge in [0, 0.05) is 41.8 Å². The van der Waals surface area contributed by atoms with Gasteiger partial charge in [0.25, 0.3) is 0 Å². The van der Waals surface area contributed by atoms with E-state index in [2.05, 4.69) is 25.6 Å². The zero-order valence-electron chi connectivity index (χ0n) is 19.2. The van der Waals surface area contributed by atoms with Crippen molar-refractivity contribution in [2.75, 3.05) is 30.9 Å². The fourth-order valence-electron chi connectivity index (χ4n) is 4.09. The van der Waals surface area contributed by atoms with Crippen molar-refractivity contribution in [3.8, 4) is 23.0 Å². The van der Waals surface area contributed by atoms with Crippen molar-refractivity contribution >= 4 is 33.9 Å². The molecule has 0 spiro atoms. The van der Waals surface area contributed by atoms with E-state index in [-0.39, 0.29) is 0 Å². The number of rotatable bonds is 1. The molecule has 0 saturated heterocycles. The second-order valence-electron chi connectivity index (χ2n) is 8.23. The highest BCUT2D eigenvalue weighted by atomic mass is 16.5. The molecule has 7 bridgehead atoms. The fourth-order valence-corrected chi connectivity index (χ4v) is 4.09. The van der Waals surface area contributed by atoms with Crippen LogP contribution in [-0.2, 0) is 0 Å². The van der Waals surface area contributed by atoms with E-state index in [1.165, 1.54) is 0 Å². The van der Waals surface area contributed by atoms with E-state index in [0.29, 0.717) is 36.6 Å². The molecule has 0 atom stereocenters. The predicted molar refractivity (Wildman–Crippen MR) is 133 cm³/mol. The van der Waals surface area contributed by atoms with Crippen molar-refractivity contribution in [1.29, 1.82) is 0 Å². The number of aromatic nitrogens is 6. The zero-order chi connectivity index (χ0) is 23.6. The van der Waals surface area contributed by atoms with Crippen molar-refractivity contribution in [2.24, 2.45) is 0 Å². The standard InChI is InChI=1S/C25H24N8O2/c1-26-24-18-13-27-21-12-17(18)19(14-28-24)25-31-22-9-8-16(15-33(22)32-25)34-10-3-2-4-11-35-23-7-5-6-20(29-21)30-23/h5-9,12-15H,2-4,10-11H2,1H3,(H,26,28)(H,27,29,30). The van der Waals surface area contributed by atoms with Crippen molar-refractivity contribution in [3.05, 3.63) is 55.0 Å². The van der Waals surface area contributed by atoms with Gasteiger partial charge in [-0.3, -0.25) is 0 Å². The topological polar surface area (TPSA) is 111 Å². The number of hydrogen-bond donors (Lipinski definition) is 2. The first-order valence-electron chi connectivity index (χ1n) is 11.6. The summed E-state index contributed by atoms with van der Waals surface area (Å²) in [6.07, 6.45) is 8.27. The van der Waals surface area contributed by atoms with E-state index in [9.17, 15) is 0 Å². The minimum Gasteiger partial charge on any atom is -0.492 e. The minimum absolute atomic E-state index is 0.572. The molecule has 6 heterocycles. The molecule has 10 nitrogen and oxygen atoms in total. The third-order valence-corrected chi connectivity index (χ3v) is 5.84. The van der Waals surface area contributed by atoms with E-state index in [1.807, 2.05) is 49.6 Å². The molecular formula is C25H24N8O2. The van der Waals surface area contributed by atoms with Crippen LogP contribution in [0.25, 0.3) is 27.8 Å². The number of pyridine rings is 4. The van der Waals surface area contributed by atoms with E-state index in [0.717, 1.165) is 52.8 Å². The largest absolute Gasteiger partial charge is 0.492 e. The maximum atomic E-state index is 5.94. The maximum Gasteiger partial charge on any atom is 0.215 e. The van der Waals surface area contributed by atoms with Crippen LogP contribution in [0.2, 0.25) is 0 Å². The molecule has 35 heavy (non-hydrogen) atoms. The van der Waals surface area contributed by atoms with E-state index in [1.54, 1.807) is 16.9 Å². The molecule has 0 aromatic carbocycles. The van der Waals surface area contributed by atoms with Crippen molar-refractivity contribution in [3.63, 3.8) is 0 Å². The van der Waals surface area contributed by atoms with Crippen LogP contribution in [0, 0.1) is 0 Å². The van der Waals surface area contributed by atoms with Crippen LogP contribution in [0.15, 0.2) is 55.0 Å². The van der Waals surface area contributed by atoms with Gasteiger partial charge in [0.1, 0.15) is 23.2 Å². The molecule has 176 valence electrons. The smallest absolute Gasteiger partial charge is 0.215 e.